The largest absolute Gasteiger partial charge is 0.497 e. The first kappa shape index (κ1) is 24.8. The third kappa shape index (κ3) is 6.80. The number of carbonyl (C=O) groups excluding carboxylic acids is 2. The topological polar surface area (TPSA) is 102 Å². The van der Waals surface area contributed by atoms with Crippen LogP contribution in [0.1, 0.15) is 24.8 Å². The van der Waals surface area contributed by atoms with E-state index in [9.17, 15) is 18.0 Å². The average Bonchev–Trinajstić information content (AvgIpc) is 2.83. The molecular formula is C23H25ClN2O6S. The number of rotatable bonds is 8. The molecule has 0 unspecified atom stereocenters. The summed E-state index contributed by atoms with van der Waals surface area (Å²) in [5.41, 5.74) is 0.858. The Morgan fingerprint density at radius 3 is 2.61 bits per heavy atom. The van der Waals surface area contributed by atoms with E-state index >= 15 is 0 Å². The van der Waals surface area contributed by atoms with Gasteiger partial charge in [-0.2, -0.15) is 4.31 Å². The highest BCUT2D eigenvalue weighted by Gasteiger charge is 2.26. The molecule has 0 radical (unpaired) electrons. The first-order valence-corrected chi connectivity index (χ1v) is 12.2. The van der Waals surface area contributed by atoms with Crippen molar-refractivity contribution in [1.29, 1.82) is 0 Å². The fourth-order valence-electron chi connectivity index (χ4n) is 3.30. The summed E-state index contributed by atoms with van der Waals surface area (Å²) in [6.07, 6.45) is 5.36. The van der Waals surface area contributed by atoms with E-state index in [1.165, 1.54) is 34.7 Å². The van der Waals surface area contributed by atoms with Crippen LogP contribution in [0.2, 0.25) is 5.02 Å². The Labute approximate surface area is 198 Å². The zero-order valence-corrected chi connectivity index (χ0v) is 19.7. The molecule has 3 rings (SSSR count). The van der Waals surface area contributed by atoms with Crippen LogP contribution in [0.3, 0.4) is 0 Å². The van der Waals surface area contributed by atoms with Crippen molar-refractivity contribution >= 4 is 45.3 Å². The second-order valence-corrected chi connectivity index (χ2v) is 9.72. The molecule has 1 N–H and O–H groups in total. The van der Waals surface area contributed by atoms with Crippen LogP contribution in [-0.4, -0.2) is 51.4 Å². The van der Waals surface area contributed by atoms with E-state index in [-0.39, 0.29) is 15.6 Å². The highest BCUT2D eigenvalue weighted by Crippen LogP contribution is 2.28. The van der Waals surface area contributed by atoms with Crippen LogP contribution >= 0.6 is 11.6 Å². The molecule has 8 nitrogen and oxygen atoms in total. The number of methoxy groups -OCH3 is 1. The highest BCUT2D eigenvalue weighted by atomic mass is 35.5. The second-order valence-electron chi connectivity index (χ2n) is 7.37. The van der Waals surface area contributed by atoms with E-state index in [4.69, 9.17) is 21.1 Å². The van der Waals surface area contributed by atoms with Gasteiger partial charge in [0, 0.05) is 19.2 Å². The van der Waals surface area contributed by atoms with Crippen LogP contribution in [0.5, 0.6) is 5.75 Å². The van der Waals surface area contributed by atoms with Gasteiger partial charge in [0.2, 0.25) is 10.0 Å². The summed E-state index contributed by atoms with van der Waals surface area (Å²) in [7, 11) is -2.14. The summed E-state index contributed by atoms with van der Waals surface area (Å²) in [4.78, 5) is 24.2. The quantitative estimate of drug-likeness (QED) is 0.445. The van der Waals surface area contributed by atoms with Gasteiger partial charge >= 0.3 is 5.97 Å². The van der Waals surface area contributed by atoms with Crippen molar-refractivity contribution in [3.8, 4) is 5.75 Å². The molecule has 2 aromatic rings. The fraction of sp³-hybridized carbons (Fsp3) is 0.304. The molecule has 0 aliphatic carbocycles. The zero-order valence-electron chi connectivity index (χ0n) is 18.1. The Morgan fingerprint density at radius 1 is 1.12 bits per heavy atom. The molecule has 0 atom stereocenters. The number of hydrogen-bond donors (Lipinski definition) is 1. The van der Waals surface area contributed by atoms with E-state index in [1.807, 2.05) is 0 Å². The number of anilines is 1. The zero-order chi connectivity index (χ0) is 23.8. The molecule has 1 saturated heterocycles. The number of nitrogens with one attached hydrogen (secondary N) is 1. The van der Waals surface area contributed by atoms with Gasteiger partial charge in [-0.15, -0.1) is 0 Å². The Hall–Kier alpha value is -2.88. The lowest BCUT2D eigenvalue weighted by atomic mass is 10.2. The molecule has 1 heterocycles. The van der Waals surface area contributed by atoms with Gasteiger partial charge < -0.3 is 14.8 Å². The summed E-state index contributed by atoms with van der Waals surface area (Å²) < 4.78 is 37.2. The lowest BCUT2D eigenvalue weighted by molar-refractivity contribution is -0.142. The maximum atomic E-state index is 12.9. The predicted molar refractivity (Wildman–Crippen MR) is 126 cm³/mol. The van der Waals surface area contributed by atoms with Crippen molar-refractivity contribution in [2.24, 2.45) is 0 Å². The molecule has 33 heavy (non-hydrogen) atoms. The van der Waals surface area contributed by atoms with E-state index in [2.05, 4.69) is 5.32 Å². The molecule has 1 amide bonds. The molecule has 0 aromatic heterocycles. The number of halogens is 1. The number of ether oxygens (including phenoxy) is 2. The van der Waals surface area contributed by atoms with Crippen LogP contribution in [0.4, 0.5) is 5.69 Å². The molecule has 10 heteroatoms. The first-order valence-electron chi connectivity index (χ1n) is 10.4. The van der Waals surface area contributed by atoms with Gasteiger partial charge in [-0.05, 0) is 54.8 Å². The van der Waals surface area contributed by atoms with Gasteiger partial charge in [0.15, 0.2) is 6.61 Å². The molecule has 1 aliphatic heterocycles. The van der Waals surface area contributed by atoms with Gasteiger partial charge in [-0.1, -0.05) is 30.2 Å². The third-order valence-electron chi connectivity index (χ3n) is 5.02. The molecular weight excluding hydrogens is 468 g/mol. The SMILES string of the molecule is COc1cccc(/C=C/C(=O)OCC(=O)Nc2cc(S(=O)(=O)N3CCCCC3)ccc2Cl)c1. The number of benzene rings is 2. The van der Waals surface area contributed by atoms with Crippen LogP contribution < -0.4 is 10.1 Å². The van der Waals surface area contributed by atoms with Gasteiger partial charge in [0.1, 0.15) is 5.75 Å². The van der Waals surface area contributed by atoms with Crippen LogP contribution in [0.25, 0.3) is 6.08 Å². The molecule has 1 fully saturated rings. The molecule has 0 spiro atoms. The number of esters is 1. The molecule has 176 valence electrons. The average molecular weight is 493 g/mol. The number of amides is 1. The fourth-order valence-corrected chi connectivity index (χ4v) is 5.00. The van der Waals surface area contributed by atoms with Crippen LogP contribution in [0, 0.1) is 0 Å². The van der Waals surface area contributed by atoms with Gasteiger partial charge in [-0.25, -0.2) is 13.2 Å². The second kappa shape index (κ2) is 11.3. The lowest BCUT2D eigenvalue weighted by Gasteiger charge is -2.26. The predicted octanol–water partition coefficient (Wildman–Crippen LogP) is 3.72. The van der Waals surface area contributed by atoms with Crippen molar-refractivity contribution in [2.75, 3.05) is 32.1 Å². The summed E-state index contributed by atoms with van der Waals surface area (Å²) in [6.45, 7) is 0.373. The molecule has 2 aromatic carbocycles. The van der Waals surface area contributed by atoms with Crippen molar-refractivity contribution in [3.05, 3.63) is 59.1 Å². The summed E-state index contributed by atoms with van der Waals surface area (Å²) in [6, 6.07) is 11.2. The molecule has 0 bridgehead atoms. The highest BCUT2D eigenvalue weighted by molar-refractivity contribution is 7.89. The van der Waals surface area contributed by atoms with Crippen LogP contribution in [-0.2, 0) is 24.3 Å². The van der Waals surface area contributed by atoms with Crippen molar-refractivity contribution in [3.63, 3.8) is 0 Å². The monoisotopic (exact) mass is 492 g/mol. The van der Waals surface area contributed by atoms with E-state index < -0.39 is 28.5 Å². The summed E-state index contributed by atoms with van der Waals surface area (Å²) >= 11 is 6.13. The minimum atomic E-state index is -3.68. The Morgan fingerprint density at radius 2 is 1.88 bits per heavy atom. The Kier molecular flexibility index (Phi) is 8.49. The van der Waals surface area contributed by atoms with Gasteiger partial charge in [-0.3, -0.25) is 4.79 Å². The first-order chi connectivity index (χ1) is 15.8. The van der Waals surface area contributed by atoms with Gasteiger partial charge in [0.05, 0.1) is 22.7 Å². The Balaban J connectivity index is 1.59. The number of piperidine rings is 1. The minimum Gasteiger partial charge on any atom is -0.497 e. The van der Waals surface area contributed by atoms with E-state index in [1.54, 1.807) is 31.4 Å². The molecule has 1 aliphatic rings. The maximum absolute atomic E-state index is 12.9. The number of carbonyl (C=O) groups is 2. The van der Waals surface area contributed by atoms with Crippen LogP contribution in [0.15, 0.2) is 53.4 Å². The smallest absolute Gasteiger partial charge is 0.331 e. The van der Waals surface area contributed by atoms with Gasteiger partial charge in [0.25, 0.3) is 5.91 Å². The number of nitrogens with zero attached hydrogens (tertiary/aromatic N) is 1. The molecule has 0 saturated carbocycles. The normalized spacial score (nSPS) is 14.7. The third-order valence-corrected chi connectivity index (χ3v) is 7.24. The van der Waals surface area contributed by atoms with E-state index in [0.717, 1.165) is 24.8 Å². The number of hydrogen-bond acceptors (Lipinski definition) is 6. The summed E-state index contributed by atoms with van der Waals surface area (Å²) in [5.74, 6) is -0.709. The summed E-state index contributed by atoms with van der Waals surface area (Å²) in [5, 5.41) is 2.67. The van der Waals surface area contributed by atoms with Crippen molar-refractivity contribution in [1.82, 2.24) is 4.31 Å². The maximum Gasteiger partial charge on any atom is 0.331 e. The van der Waals surface area contributed by atoms with Crippen molar-refractivity contribution in [2.45, 2.75) is 24.2 Å². The van der Waals surface area contributed by atoms with Crippen molar-refractivity contribution < 1.29 is 27.5 Å². The minimum absolute atomic E-state index is 0.0438. The van der Waals surface area contributed by atoms with E-state index in [0.29, 0.717) is 18.8 Å². The lowest BCUT2D eigenvalue weighted by Crippen LogP contribution is -2.35. The standard InChI is InChI=1S/C23H25ClN2O6S/c1-31-18-7-5-6-17(14-18)8-11-23(28)32-16-22(27)25-21-15-19(9-10-20(21)24)33(29,30)26-12-3-2-4-13-26/h5-11,14-15H,2-4,12-13,16H2,1H3,(H,25,27)/b11-8+. The Bertz CT molecular complexity index is 1140. The number of sulfonamides is 1.